The molecular formula is C34H25N4O3S+. The second-order valence-corrected chi connectivity index (χ2v) is 11.3. The van der Waals surface area contributed by atoms with Gasteiger partial charge in [-0.3, -0.25) is 4.55 Å². The number of aromatic nitrogens is 2. The standard InChI is InChI=1S/C34H24N4O3S/c39-42(40,41)33-22-29-31(21-30(33)36-24-14-6-2-7-15-24)38(25-16-8-3-9-17-25)32-20-28(35-23-12-4-1-5-13-23)26-18-10-11-19-27(26)34(32)37-29/h1-22H,(H2,35,36,39,40,41)/p+1. The summed E-state index contributed by atoms with van der Waals surface area (Å²) in [4.78, 5) is 4.76. The first-order chi connectivity index (χ1) is 20.5. The summed E-state index contributed by atoms with van der Waals surface area (Å²) >= 11 is 0. The first kappa shape index (κ1) is 25.6. The number of nitrogens with zero attached hydrogens (tertiary/aromatic N) is 2. The highest BCUT2D eigenvalue weighted by Gasteiger charge is 2.27. The van der Waals surface area contributed by atoms with Crippen molar-refractivity contribution >= 4 is 65.7 Å². The molecule has 0 unspecified atom stereocenters. The predicted octanol–water partition coefficient (Wildman–Crippen LogP) is 7.55. The average molecular weight is 570 g/mol. The molecule has 6 aromatic carbocycles. The summed E-state index contributed by atoms with van der Waals surface area (Å²) in [6.45, 7) is 0. The molecule has 42 heavy (non-hydrogen) atoms. The van der Waals surface area contributed by atoms with Crippen molar-refractivity contribution < 1.29 is 17.5 Å². The van der Waals surface area contributed by atoms with E-state index in [-0.39, 0.29) is 10.6 Å². The number of anilines is 4. The fourth-order valence-electron chi connectivity index (χ4n) is 5.33. The Balaban J connectivity index is 1.60. The monoisotopic (exact) mass is 569 g/mol. The maximum atomic E-state index is 12.6. The molecule has 8 heteroatoms. The average Bonchev–Trinajstić information content (AvgIpc) is 3.01. The van der Waals surface area contributed by atoms with Crippen LogP contribution in [-0.4, -0.2) is 18.0 Å². The van der Waals surface area contributed by atoms with E-state index in [0.29, 0.717) is 22.2 Å². The highest BCUT2D eigenvalue weighted by molar-refractivity contribution is 7.86. The zero-order valence-corrected chi connectivity index (χ0v) is 23.1. The first-order valence-electron chi connectivity index (χ1n) is 13.4. The number of hydrogen-bond acceptors (Lipinski definition) is 5. The van der Waals surface area contributed by atoms with Gasteiger partial charge < -0.3 is 10.6 Å². The van der Waals surface area contributed by atoms with Crippen molar-refractivity contribution in [2.45, 2.75) is 4.90 Å². The zero-order chi connectivity index (χ0) is 28.7. The second kappa shape index (κ2) is 10.3. The highest BCUT2D eigenvalue weighted by Crippen LogP contribution is 2.35. The Morgan fingerprint density at radius 3 is 1.74 bits per heavy atom. The molecule has 0 fully saturated rings. The normalized spacial score (nSPS) is 11.6. The highest BCUT2D eigenvalue weighted by atomic mass is 32.2. The van der Waals surface area contributed by atoms with Gasteiger partial charge >= 0.3 is 0 Å². The minimum atomic E-state index is -4.58. The Bertz CT molecular complexity index is 2210. The van der Waals surface area contributed by atoms with E-state index >= 15 is 0 Å². The third-order valence-corrected chi connectivity index (χ3v) is 8.08. The van der Waals surface area contributed by atoms with Gasteiger partial charge in [-0.15, -0.1) is 4.57 Å². The number of fused-ring (bicyclic) bond motifs is 4. The van der Waals surface area contributed by atoms with Gasteiger partial charge in [0.15, 0.2) is 0 Å². The molecule has 3 N–H and O–H groups in total. The first-order valence-corrected chi connectivity index (χ1v) is 14.8. The summed E-state index contributed by atoms with van der Waals surface area (Å²) in [5.74, 6) is 0. The number of hydrogen-bond donors (Lipinski definition) is 3. The minimum Gasteiger partial charge on any atom is -0.355 e. The predicted molar refractivity (Wildman–Crippen MR) is 168 cm³/mol. The molecule has 0 aliphatic carbocycles. The molecule has 0 atom stereocenters. The van der Waals surface area contributed by atoms with Gasteiger partial charge in [-0.25, -0.2) is 4.98 Å². The lowest BCUT2D eigenvalue weighted by Gasteiger charge is -2.15. The fraction of sp³-hybridized carbons (Fsp3) is 0. The minimum absolute atomic E-state index is 0.241. The SMILES string of the molecule is O=S(=O)(O)c1cc2nc3c4ccccc4c(Nc4ccccc4)cc3[n+](-c3ccccc3)c2cc1Nc1ccccc1. The summed E-state index contributed by atoms with van der Waals surface area (Å²) < 4.78 is 37.5. The van der Waals surface area contributed by atoms with Crippen LogP contribution in [0.25, 0.3) is 38.5 Å². The van der Waals surface area contributed by atoms with Crippen molar-refractivity contribution in [3.63, 3.8) is 0 Å². The lowest BCUT2D eigenvalue weighted by Crippen LogP contribution is -2.33. The van der Waals surface area contributed by atoms with E-state index in [0.717, 1.165) is 33.4 Å². The topological polar surface area (TPSA) is 95.2 Å². The Kier molecular flexibility index (Phi) is 6.27. The van der Waals surface area contributed by atoms with Crippen LogP contribution in [-0.2, 0) is 10.1 Å². The number of para-hydroxylation sites is 3. The summed E-state index contributed by atoms with van der Waals surface area (Å²) in [5, 5.41) is 8.62. The van der Waals surface area contributed by atoms with Crippen molar-refractivity contribution in [1.82, 2.24) is 4.98 Å². The lowest BCUT2D eigenvalue weighted by molar-refractivity contribution is -0.538. The molecule has 0 saturated carbocycles. The number of nitrogens with one attached hydrogen (secondary N) is 2. The van der Waals surface area contributed by atoms with Gasteiger partial charge in [-0.2, -0.15) is 8.42 Å². The molecule has 1 aromatic heterocycles. The third kappa shape index (κ3) is 4.68. The molecule has 0 aliphatic heterocycles. The van der Waals surface area contributed by atoms with Crippen LogP contribution >= 0.6 is 0 Å². The van der Waals surface area contributed by atoms with E-state index in [9.17, 15) is 13.0 Å². The van der Waals surface area contributed by atoms with Gasteiger partial charge in [0, 0.05) is 46.4 Å². The van der Waals surface area contributed by atoms with Crippen molar-refractivity contribution in [2.24, 2.45) is 0 Å². The maximum absolute atomic E-state index is 12.6. The molecule has 0 spiro atoms. The summed E-state index contributed by atoms with van der Waals surface area (Å²) in [6, 6.07) is 42.3. The largest absolute Gasteiger partial charge is 0.355 e. The summed E-state index contributed by atoms with van der Waals surface area (Å²) in [6.07, 6.45) is 0. The molecule has 0 aliphatic rings. The van der Waals surface area contributed by atoms with Crippen molar-refractivity contribution in [2.75, 3.05) is 10.6 Å². The third-order valence-electron chi connectivity index (χ3n) is 7.18. The van der Waals surface area contributed by atoms with Crippen LogP contribution in [0.1, 0.15) is 0 Å². The summed E-state index contributed by atoms with van der Waals surface area (Å²) in [7, 11) is -4.58. The van der Waals surface area contributed by atoms with Crippen LogP contribution in [0.4, 0.5) is 22.7 Å². The van der Waals surface area contributed by atoms with Crippen molar-refractivity contribution in [3.8, 4) is 5.69 Å². The zero-order valence-electron chi connectivity index (χ0n) is 22.3. The van der Waals surface area contributed by atoms with Crippen molar-refractivity contribution in [3.05, 3.63) is 133 Å². The molecule has 0 bridgehead atoms. The van der Waals surface area contributed by atoms with Crippen LogP contribution in [0.15, 0.2) is 138 Å². The molecule has 7 nitrogen and oxygen atoms in total. The van der Waals surface area contributed by atoms with Gasteiger partial charge in [0.2, 0.25) is 16.7 Å². The molecule has 1 heterocycles. The van der Waals surface area contributed by atoms with Crippen LogP contribution in [0.2, 0.25) is 0 Å². The summed E-state index contributed by atoms with van der Waals surface area (Å²) in [5.41, 5.74) is 6.28. The molecule has 7 aromatic rings. The van der Waals surface area contributed by atoms with Gasteiger partial charge in [0.1, 0.15) is 15.9 Å². The molecule has 204 valence electrons. The fourth-order valence-corrected chi connectivity index (χ4v) is 5.98. The Morgan fingerprint density at radius 1 is 0.595 bits per heavy atom. The van der Waals surface area contributed by atoms with E-state index in [4.69, 9.17) is 4.98 Å². The van der Waals surface area contributed by atoms with Gasteiger partial charge in [0.25, 0.3) is 10.1 Å². The lowest BCUT2D eigenvalue weighted by atomic mass is 10.0. The van der Waals surface area contributed by atoms with Crippen molar-refractivity contribution in [1.29, 1.82) is 0 Å². The quantitative estimate of drug-likeness (QED) is 0.0828. The Labute approximate surface area is 242 Å². The number of benzene rings is 6. The molecule has 0 saturated heterocycles. The van der Waals surface area contributed by atoms with Crippen LogP contribution in [0.5, 0.6) is 0 Å². The van der Waals surface area contributed by atoms with Gasteiger partial charge in [0.05, 0.1) is 11.4 Å². The van der Waals surface area contributed by atoms with Gasteiger partial charge in [-0.05, 0) is 30.3 Å². The maximum Gasteiger partial charge on any atom is 0.296 e. The molecular weight excluding hydrogens is 544 g/mol. The molecule has 0 amide bonds. The molecule has 0 radical (unpaired) electrons. The van der Waals surface area contributed by atoms with Gasteiger partial charge in [-0.1, -0.05) is 78.9 Å². The Hall–Kier alpha value is -5.31. The Morgan fingerprint density at radius 2 is 1.12 bits per heavy atom. The van der Waals surface area contributed by atoms with Crippen LogP contribution in [0, 0.1) is 0 Å². The molecule has 7 rings (SSSR count). The van der Waals surface area contributed by atoms with Crippen LogP contribution < -0.4 is 15.2 Å². The second-order valence-electron chi connectivity index (χ2n) is 9.91. The van der Waals surface area contributed by atoms with Crippen LogP contribution in [0.3, 0.4) is 0 Å². The number of rotatable bonds is 6. The van der Waals surface area contributed by atoms with E-state index in [1.54, 1.807) is 6.07 Å². The van der Waals surface area contributed by atoms with E-state index in [2.05, 4.69) is 21.3 Å². The van der Waals surface area contributed by atoms with E-state index in [1.165, 1.54) is 6.07 Å². The smallest absolute Gasteiger partial charge is 0.296 e. The van der Waals surface area contributed by atoms with E-state index < -0.39 is 10.1 Å². The van der Waals surface area contributed by atoms with E-state index in [1.807, 2.05) is 115 Å².